The van der Waals surface area contributed by atoms with Gasteiger partial charge in [0.25, 0.3) is 0 Å². The summed E-state index contributed by atoms with van der Waals surface area (Å²) >= 11 is 1.33. The minimum atomic E-state index is -3.10. The van der Waals surface area contributed by atoms with Crippen LogP contribution in [0.3, 0.4) is 0 Å². The molecule has 0 radical (unpaired) electrons. The highest BCUT2D eigenvalue weighted by Crippen LogP contribution is 2.40. The average Bonchev–Trinajstić information content (AvgIpc) is 3.04. The van der Waals surface area contributed by atoms with Crippen LogP contribution in [0.5, 0.6) is 0 Å². The molecule has 2 saturated heterocycles. The molecule has 1 aromatic rings. The largest absolute Gasteiger partial charge is 0.444 e. The van der Waals surface area contributed by atoms with Crippen LogP contribution in [0, 0.1) is 0 Å². The number of benzene rings is 1. The Labute approximate surface area is 175 Å². The Balaban J connectivity index is 1.67. The average molecular weight is 440 g/mol. The number of hydrogen-bond acceptors (Lipinski definition) is 6. The Bertz CT molecular complexity index is 910. The molecular formula is C19H25N3O5S2. The van der Waals surface area contributed by atoms with Crippen molar-refractivity contribution in [2.24, 2.45) is 4.99 Å². The second kappa shape index (κ2) is 8.35. The lowest BCUT2D eigenvalue weighted by Crippen LogP contribution is -2.37. The van der Waals surface area contributed by atoms with Crippen LogP contribution in [-0.2, 0) is 19.4 Å². The molecule has 2 aliphatic heterocycles. The van der Waals surface area contributed by atoms with Crippen molar-refractivity contribution in [2.45, 2.75) is 44.1 Å². The molecule has 2 unspecified atom stereocenters. The second-order valence-corrected chi connectivity index (χ2v) is 11.3. The van der Waals surface area contributed by atoms with Gasteiger partial charge in [0.15, 0.2) is 15.0 Å². The van der Waals surface area contributed by atoms with Gasteiger partial charge < -0.3 is 15.0 Å². The highest BCUT2D eigenvalue weighted by molar-refractivity contribution is 8.16. The van der Waals surface area contributed by atoms with Crippen molar-refractivity contribution in [3.8, 4) is 0 Å². The molecule has 2 aliphatic rings. The van der Waals surface area contributed by atoms with E-state index in [0.29, 0.717) is 5.17 Å². The number of para-hydroxylation sites is 1. The molecule has 2 amide bonds. The molecule has 2 fully saturated rings. The SMILES string of the molecule is CC(C)(C)OC(=O)NCCC(=O)N=C1SC2CS(=O)(=O)CC2N1c1ccccc1. The summed E-state index contributed by atoms with van der Waals surface area (Å²) in [5.41, 5.74) is 0.200. The molecule has 1 N–H and O–H groups in total. The van der Waals surface area contributed by atoms with Crippen LogP contribution >= 0.6 is 11.8 Å². The maximum Gasteiger partial charge on any atom is 0.407 e. The van der Waals surface area contributed by atoms with E-state index in [1.807, 2.05) is 35.2 Å². The van der Waals surface area contributed by atoms with E-state index >= 15 is 0 Å². The van der Waals surface area contributed by atoms with Crippen molar-refractivity contribution in [2.75, 3.05) is 23.0 Å². The molecule has 1 aromatic carbocycles. The lowest BCUT2D eigenvalue weighted by molar-refractivity contribution is -0.117. The molecule has 29 heavy (non-hydrogen) atoms. The zero-order valence-electron chi connectivity index (χ0n) is 16.6. The molecule has 10 heteroatoms. The molecule has 0 saturated carbocycles. The van der Waals surface area contributed by atoms with E-state index in [9.17, 15) is 18.0 Å². The van der Waals surface area contributed by atoms with Gasteiger partial charge in [-0.3, -0.25) is 4.79 Å². The number of alkyl carbamates (subject to hydrolysis) is 1. The summed E-state index contributed by atoms with van der Waals surface area (Å²) in [5, 5.41) is 2.89. The minimum absolute atomic E-state index is 0.0273. The number of rotatable bonds is 4. The van der Waals surface area contributed by atoms with Crippen LogP contribution in [0.4, 0.5) is 10.5 Å². The number of aliphatic imine (C=N–C) groups is 1. The molecule has 2 heterocycles. The van der Waals surface area contributed by atoms with Gasteiger partial charge >= 0.3 is 6.09 Å². The summed E-state index contributed by atoms with van der Waals surface area (Å²) in [6, 6.07) is 9.11. The molecule has 0 bridgehead atoms. The third-order valence-electron chi connectivity index (χ3n) is 4.33. The fourth-order valence-electron chi connectivity index (χ4n) is 3.20. The number of carbonyl (C=O) groups is 2. The number of nitrogens with one attached hydrogen (secondary N) is 1. The van der Waals surface area contributed by atoms with Crippen LogP contribution in [0.1, 0.15) is 27.2 Å². The van der Waals surface area contributed by atoms with Gasteiger partial charge in [0, 0.05) is 23.9 Å². The third-order valence-corrected chi connectivity index (χ3v) is 7.54. The Kier molecular flexibility index (Phi) is 6.23. The molecule has 158 valence electrons. The van der Waals surface area contributed by atoms with Crippen LogP contribution in [0.25, 0.3) is 0 Å². The fraction of sp³-hybridized carbons (Fsp3) is 0.526. The summed E-state index contributed by atoms with van der Waals surface area (Å²) in [7, 11) is -3.10. The normalized spacial score (nSPS) is 24.4. The maximum atomic E-state index is 12.4. The summed E-state index contributed by atoms with van der Waals surface area (Å²) in [4.78, 5) is 30.1. The standard InChI is InChI=1S/C19H25N3O5S2/c1-19(2,3)27-18(24)20-10-9-16(23)21-17-22(13-7-5-4-6-8-13)14-11-29(25,26)12-15(14)28-17/h4-8,14-15H,9-12H2,1-3H3,(H,20,24). The van der Waals surface area contributed by atoms with Crippen molar-refractivity contribution < 1.29 is 22.7 Å². The van der Waals surface area contributed by atoms with E-state index < -0.39 is 21.5 Å². The highest BCUT2D eigenvalue weighted by atomic mass is 32.2. The number of sulfone groups is 1. The number of fused-ring (bicyclic) bond motifs is 1. The van der Waals surface area contributed by atoms with Crippen molar-refractivity contribution >= 4 is 44.5 Å². The zero-order chi connectivity index (χ0) is 21.2. The molecule has 2 atom stereocenters. The second-order valence-electron chi connectivity index (χ2n) is 7.97. The van der Waals surface area contributed by atoms with Crippen LogP contribution in [0.15, 0.2) is 35.3 Å². The van der Waals surface area contributed by atoms with Gasteiger partial charge in [-0.25, -0.2) is 13.2 Å². The predicted octanol–water partition coefficient (Wildman–Crippen LogP) is 2.20. The van der Waals surface area contributed by atoms with E-state index in [4.69, 9.17) is 4.74 Å². The number of nitrogens with zero attached hydrogens (tertiary/aromatic N) is 2. The number of anilines is 1. The molecule has 0 aliphatic carbocycles. The first kappa shape index (κ1) is 21.6. The van der Waals surface area contributed by atoms with Crippen molar-refractivity contribution in [3.05, 3.63) is 30.3 Å². The van der Waals surface area contributed by atoms with E-state index in [2.05, 4.69) is 10.3 Å². The first-order chi connectivity index (χ1) is 13.5. The molecule has 3 rings (SSSR count). The van der Waals surface area contributed by atoms with E-state index in [0.717, 1.165) is 5.69 Å². The third kappa shape index (κ3) is 5.72. The highest BCUT2D eigenvalue weighted by Gasteiger charge is 2.49. The summed E-state index contributed by atoms with van der Waals surface area (Å²) < 4.78 is 29.2. The van der Waals surface area contributed by atoms with Crippen molar-refractivity contribution in [3.63, 3.8) is 0 Å². The number of amides is 2. The van der Waals surface area contributed by atoms with Gasteiger partial charge in [-0.05, 0) is 32.9 Å². The van der Waals surface area contributed by atoms with Crippen molar-refractivity contribution in [1.82, 2.24) is 5.32 Å². The molecule has 8 nitrogen and oxygen atoms in total. The molecule has 0 aromatic heterocycles. The van der Waals surface area contributed by atoms with E-state index in [1.54, 1.807) is 20.8 Å². The Morgan fingerprint density at radius 2 is 1.93 bits per heavy atom. The number of amidine groups is 1. The minimum Gasteiger partial charge on any atom is -0.444 e. The van der Waals surface area contributed by atoms with Crippen LogP contribution in [-0.4, -0.2) is 60.5 Å². The fourth-order valence-corrected chi connectivity index (χ4v) is 7.13. The lowest BCUT2D eigenvalue weighted by Gasteiger charge is -2.24. The summed E-state index contributed by atoms with van der Waals surface area (Å²) in [6.07, 6.45) is -0.557. The van der Waals surface area contributed by atoms with Crippen molar-refractivity contribution in [1.29, 1.82) is 0 Å². The number of hydrogen-bond donors (Lipinski definition) is 1. The Hall–Kier alpha value is -2.07. The molecule has 0 spiro atoms. The zero-order valence-corrected chi connectivity index (χ0v) is 18.3. The van der Waals surface area contributed by atoms with Crippen LogP contribution in [0.2, 0.25) is 0 Å². The topological polar surface area (TPSA) is 105 Å². The van der Waals surface area contributed by atoms with Gasteiger partial charge in [-0.15, -0.1) is 0 Å². The monoisotopic (exact) mass is 439 g/mol. The quantitative estimate of drug-likeness (QED) is 0.767. The van der Waals surface area contributed by atoms with E-state index in [-0.39, 0.29) is 41.7 Å². The first-order valence-electron chi connectivity index (χ1n) is 9.34. The van der Waals surface area contributed by atoms with Gasteiger partial charge in [0.05, 0.1) is 17.5 Å². The van der Waals surface area contributed by atoms with Crippen LogP contribution < -0.4 is 10.2 Å². The van der Waals surface area contributed by atoms with Gasteiger partial charge in [-0.1, -0.05) is 30.0 Å². The summed E-state index contributed by atoms with van der Waals surface area (Å²) in [6.45, 7) is 5.39. The van der Waals surface area contributed by atoms with Gasteiger partial charge in [0.1, 0.15) is 5.60 Å². The first-order valence-corrected chi connectivity index (χ1v) is 12.0. The smallest absolute Gasteiger partial charge is 0.407 e. The Morgan fingerprint density at radius 3 is 2.59 bits per heavy atom. The van der Waals surface area contributed by atoms with Gasteiger partial charge in [0.2, 0.25) is 5.91 Å². The Morgan fingerprint density at radius 1 is 1.24 bits per heavy atom. The number of thioether (sulfide) groups is 1. The van der Waals surface area contributed by atoms with Gasteiger partial charge in [-0.2, -0.15) is 4.99 Å². The summed E-state index contributed by atoms with van der Waals surface area (Å²) in [5.74, 6) is -0.251. The number of ether oxygens (including phenoxy) is 1. The lowest BCUT2D eigenvalue weighted by atomic mass is 10.2. The van der Waals surface area contributed by atoms with E-state index in [1.165, 1.54) is 11.8 Å². The maximum absolute atomic E-state index is 12.4. The number of carbonyl (C=O) groups excluding carboxylic acids is 2. The molecular weight excluding hydrogens is 414 g/mol. The predicted molar refractivity (Wildman–Crippen MR) is 114 cm³/mol.